The summed E-state index contributed by atoms with van der Waals surface area (Å²) < 4.78 is 17.0. The average molecular weight is 491 g/mol. The number of ether oxygens (including phenoxy) is 2. The molecule has 2 aromatic heterocycles. The lowest BCUT2D eigenvalue weighted by Gasteiger charge is -2.12. The summed E-state index contributed by atoms with van der Waals surface area (Å²) >= 11 is 1.73. The predicted octanol–water partition coefficient (Wildman–Crippen LogP) is 6.28. The third-order valence-electron chi connectivity index (χ3n) is 5.71. The molecule has 2 aromatic carbocycles. The topological polar surface area (TPSA) is 73.6 Å². The Morgan fingerprint density at radius 2 is 1.80 bits per heavy atom. The van der Waals surface area contributed by atoms with E-state index in [2.05, 4.69) is 54.7 Å². The Labute approximate surface area is 209 Å². The molecule has 182 valence electrons. The van der Waals surface area contributed by atoms with Gasteiger partial charge in [-0.1, -0.05) is 41.6 Å². The van der Waals surface area contributed by atoms with E-state index in [1.54, 1.807) is 24.5 Å². The Hall–Kier alpha value is -3.42. The van der Waals surface area contributed by atoms with Gasteiger partial charge in [0.05, 0.1) is 6.10 Å². The fourth-order valence-corrected chi connectivity index (χ4v) is 4.89. The van der Waals surface area contributed by atoms with Crippen molar-refractivity contribution in [3.8, 4) is 27.5 Å². The van der Waals surface area contributed by atoms with Crippen LogP contribution in [0.5, 0.6) is 5.75 Å². The number of thiophene rings is 1. The van der Waals surface area contributed by atoms with Gasteiger partial charge in [0.2, 0.25) is 0 Å². The summed E-state index contributed by atoms with van der Waals surface area (Å²) in [6, 6.07) is 20.1. The van der Waals surface area contributed by atoms with Crippen molar-refractivity contribution in [3.63, 3.8) is 0 Å². The fourth-order valence-electron chi connectivity index (χ4n) is 3.80. The number of carbonyl (C=O) groups excluding carboxylic acids is 1. The highest BCUT2D eigenvalue weighted by Gasteiger charge is 2.13. The standard InChI is InChI=1S/C28H30N2O4S/c1-5-32-19(3)15-20-6-12-23(13-7-20)33-17-27-18(2)14-26(35-27)22-10-8-21(9-11-22)25-16-24(30-34-25)28(31)29-4/h6-14,16,19H,5,15,17H2,1-4H3,(H,29,31)/t19-/m0/s1. The predicted molar refractivity (Wildman–Crippen MR) is 139 cm³/mol. The van der Waals surface area contributed by atoms with Gasteiger partial charge in [-0.2, -0.15) is 0 Å². The second-order valence-electron chi connectivity index (χ2n) is 8.35. The van der Waals surface area contributed by atoms with Crippen LogP contribution in [0.15, 0.2) is 65.2 Å². The van der Waals surface area contributed by atoms with Gasteiger partial charge in [0.15, 0.2) is 11.5 Å². The van der Waals surface area contributed by atoms with Crippen LogP contribution < -0.4 is 10.1 Å². The molecule has 0 aliphatic heterocycles. The van der Waals surface area contributed by atoms with Crippen molar-refractivity contribution in [1.29, 1.82) is 0 Å². The zero-order valence-corrected chi connectivity index (χ0v) is 21.3. The molecule has 0 bridgehead atoms. The third kappa shape index (κ3) is 6.18. The van der Waals surface area contributed by atoms with Crippen LogP contribution in [0.4, 0.5) is 0 Å². The highest BCUT2D eigenvalue weighted by atomic mass is 32.1. The first-order chi connectivity index (χ1) is 17.0. The zero-order valence-electron chi connectivity index (χ0n) is 20.5. The van der Waals surface area contributed by atoms with Crippen molar-refractivity contribution in [2.24, 2.45) is 0 Å². The maximum absolute atomic E-state index is 11.7. The molecule has 0 aliphatic rings. The highest BCUT2D eigenvalue weighted by molar-refractivity contribution is 7.15. The second kappa shape index (κ2) is 11.3. The van der Waals surface area contributed by atoms with E-state index in [1.165, 1.54) is 20.9 Å². The van der Waals surface area contributed by atoms with E-state index in [9.17, 15) is 4.79 Å². The van der Waals surface area contributed by atoms with E-state index < -0.39 is 0 Å². The van der Waals surface area contributed by atoms with E-state index in [0.717, 1.165) is 29.9 Å². The number of rotatable bonds is 10. The Bertz CT molecular complexity index is 1260. The Kier molecular flexibility index (Phi) is 8.00. The highest BCUT2D eigenvalue weighted by Crippen LogP contribution is 2.33. The molecule has 35 heavy (non-hydrogen) atoms. The molecular formula is C28H30N2O4S. The first-order valence-corrected chi connectivity index (χ1v) is 12.5. The molecule has 7 heteroatoms. The number of hydrogen-bond donors (Lipinski definition) is 1. The number of aromatic nitrogens is 1. The van der Waals surface area contributed by atoms with Gasteiger partial charge in [-0.05, 0) is 62.1 Å². The van der Waals surface area contributed by atoms with Gasteiger partial charge in [-0.25, -0.2) is 0 Å². The van der Waals surface area contributed by atoms with E-state index in [1.807, 2.05) is 31.2 Å². The van der Waals surface area contributed by atoms with Crippen LogP contribution in [0.3, 0.4) is 0 Å². The number of aryl methyl sites for hydroxylation is 1. The van der Waals surface area contributed by atoms with Gasteiger partial charge in [0.25, 0.3) is 5.91 Å². The number of carbonyl (C=O) groups is 1. The van der Waals surface area contributed by atoms with E-state index >= 15 is 0 Å². The molecule has 0 unspecified atom stereocenters. The quantitative estimate of drug-likeness (QED) is 0.283. The monoisotopic (exact) mass is 490 g/mol. The van der Waals surface area contributed by atoms with Crippen LogP contribution in [0, 0.1) is 6.92 Å². The molecule has 0 saturated heterocycles. The largest absolute Gasteiger partial charge is 0.488 e. The minimum atomic E-state index is -0.271. The Balaban J connectivity index is 1.38. The van der Waals surface area contributed by atoms with Crippen LogP contribution in [-0.2, 0) is 17.8 Å². The lowest BCUT2D eigenvalue weighted by molar-refractivity contribution is 0.0768. The Morgan fingerprint density at radius 3 is 2.49 bits per heavy atom. The number of nitrogens with one attached hydrogen (secondary N) is 1. The molecule has 6 nitrogen and oxygen atoms in total. The van der Waals surface area contributed by atoms with Crippen molar-refractivity contribution in [2.75, 3.05) is 13.7 Å². The van der Waals surface area contributed by atoms with Crippen molar-refractivity contribution in [1.82, 2.24) is 10.5 Å². The van der Waals surface area contributed by atoms with Gasteiger partial charge in [0.1, 0.15) is 12.4 Å². The molecule has 0 radical (unpaired) electrons. The van der Waals surface area contributed by atoms with Crippen LogP contribution in [-0.4, -0.2) is 30.8 Å². The maximum Gasteiger partial charge on any atom is 0.273 e. The maximum atomic E-state index is 11.7. The van der Waals surface area contributed by atoms with Gasteiger partial charge in [-0.15, -0.1) is 11.3 Å². The summed E-state index contributed by atoms with van der Waals surface area (Å²) in [7, 11) is 1.56. The number of hydrogen-bond acceptors (Lipinski definition) is 6. The van der Waals surface area contributed by atoms with Gasteiger partial charge < -0.3 is 19.3 Å². The Morgan fingerprint density at radius 1 is 1.09 bits per heavy atom. The average Bonchev–Trinajstić information content (AvgIpc) is 3.51. The van der Waals surface area contributed by atoms with Crippen molar-refractivity contribution in [2.45, 2.75) is 39.9 Å². The molecule has 0 spiro atoms. The lowest BCUT2D eigenvalue weighted by Crippen LogP contribution is -2.17. The second-order valence-corrected chi connectivity index (χ2v) is 9.49. The first-order valence-electron chi connectivity index (χ1n) is 11.7. The van der Waals surface area contributed by atoms with Crippen LogP contribution in [0.2, 0.25) is 0 Å². The van der Waals surface area contributed by atoms with E-state index in [4.69, 9.17) is 14.0 Å². The molecule has 1 amide bonds. The summed E-state index contributed by atoms with van der Waals surface area (Å²) in [5, 5.41) is 6.37. The molecule has 4 aromatic rings. The summed E-state index contributed by atoms with van der Waals surface area (Å²) in [6.07, 6.45) is 1.11. The SMILES string of the molecule is CCO[C@@H](C)Cc1ccc(OCc2sc(-c3ccc(-c4cc(C(=O)NC)no4)cc3)cc2C)cc1. The van der Waals surface area contributed by atoms with Crippen molar-refractivity contribution >= 4 is 17.2 Å². The lowest BCUT2D eigenvalue weighted by atomic mass is 10.1. The molecule has 2 heterocycles. The van der Waals surface area contributed by atoms with Gasteiger partial charge in [-0.3, -0.25) is 4.79 Å². The van der Waals surface area contributed by atoms with Crippen molar-refractivity contribution in [3.05, 3.63) is 82.4 Å². The summed E-state index contributed by atoms with van der Waals surface area (Å²) in [5.74, 6) is 1.15. The molecule has 4 rings (SSSR count). The smallest absolute Gasteiger partial charge is 0.273 e. The van der Waals surface area contributed by atoms with Gasteiger partial charge >= 0.3 is 0 Å². The first kappa shape index (κ1) is 24.7. The minimum absolute atomic E-state index is 0.212. The van der Waals surface area contributed by atoms with Crippen LogP contribution >= 0.6 is 11.3 Å². The van der Waals surface area contributed by atoms with E-state index in [-0.39, 0.29) is 17.7 Å². The molecule has 1 atom stereocenters. The summed E-state index contributed by atoms with van der Waals surface area (Å²) in [6.45, 7) is 7.49. The molecule has 0 fully saturated rings. The van der Waals surface area contributed by atoms with Crippen molar-refractivity contribution < 1.29 is 18.8 Å². The third-order valence-corrected chi connectivity index (χ3v) is 6.97. The summed E-state index contributed by atoms with van der Waals surface area (Å²) in [5.41, 5.74) is 4.70. The van der Waals surface area contributed by atoms with E-state index in [0.29, 0.717) is 12.4 Å². The molecule has 1 N–H and O–H groups in total. The number of nitrogens with zero attached hydrogens (tertiary/aromatic N) is 1. The van der Waals surface area contributed by atoms with Crippen LogP contribution in [0.25, 0.3) is 21.8 Å². The number of benzene rings is 2. The zero-order chi connectivity index (χ0) is 24.8. The normalized spacial score (nSPS) is 11.9. The van der Waals surface area contributed by atoms with Crippen LogP contribution in [0.1, 0.15) is 40.3 Å². The summed E-state index contributed by atoms with van der Waals surface area (Å²) in [4.78, 5) is 14.1. The molecule has 0 saturated carbocycles. The number of amides is 1. The fraction of sp³-hybridized carbons (Fsp3) is 0.286. The minimum Gasteiger partial charge on any atom is -0.488 e. The molecular weight excluding hydrogens is 460 g/mol. The molecule has 0 aliphatic carbocycles. The van der Waals surface area contributed by atoms with Gasteiger partial charge in [0, 0.05) is 35.0 Å².